The van der Waals surface area contributed by atoms with Crippen molar-refractivity contribution >= 4 is 11.3 Å². The van der Waals surface area contributed by atoms with Gasteiger partial charge in [-0.3, -0.25) is 0 Å². The molecule has 0 fully saturated rings. The first-order valence-corrected chi connectivity index (χ1v) is 3.99. The molecule has 3 heteroatoms. The normalized spacial score (nSPS) is 12.0. The van der Waals surface area contributed by atoms with Gasteiger partial charge in [0, 0.05) is 10.8 Å². The van der Waals surface area contributed by atoms with Gasteiger partial charge in [0.05, 0.1) is 5.69 Å². The molecule has 1 aromatic rings. The molecule has 1 aromatic heterocycles. The molecule has 0 atom stereocenters. The van der Waals surface area contributed by atoms with Crippen LogP contribution >= 0.6 is 11.3 Å². The lowest BCUT2D eigenvalue weighted by atomic mass is 9.93. The van der Waals surface area contributed by atoms with Crippen LogP contribution in [0.5, 0.6) is 0 Å². The molecule has 0 aliphatic heterocycles. The van der Waals surface area contributed by atoms with Crippen LogP contribution in [0.2, 0.25) is 0 Å². The maximum absolute atomic E-state index is 12.4. The van der Waals surface area contributed by atoms with E-state index in [1.165, 1.54) is 0 Å². The number of hydrogen-bond acceptors (Lipinski definition) is 2. The molecule has 1 heterocycles. The zero-order valence-corrected chi connectivity index (χ0v) is 7.13. The van der Waals surface area contributed by atoms with Crippen molar-refractivity contribution in [2.75, 3.05) is 0 Å². The third-order valence-corrected chi connectivity index (χ3v) is 1.87. The Bertz CT molecular complexity index is 224. The Morgan fingerprint density at radius 2 is 2.10 bits per heavy atom. The van der Waals surface area contributed by atoms with Crippen LogP contribution in [0.3, 0.4) is 0 Å². The minimum absolute atomic E-state index is 0.0269. The van der Waals surface area contributed by atoms with E-state index in [2.05, 4.69) is 4.98 Å². The van der Waals surface area contributed by atoms with Crippen LogP contribution in [0.1, 0.15) is 26.5 Å². The van der Waals surface area contributed by atoms with Crippen molar-refractivity contribution in [3.05, 3.63) is 16.3 Å². The number of nitrogens with zero attached hydrogens (tertiary/aromatic N) is 1. The molecule has 0 spiro atoms. The predicted molar refractivity (Wildman–Crippen MR) is 40.8 cm³/mol. The fourth-order valence-corrected chi connectivity index (χ4v) is 1.36. The molecule has 10 heavy (non-hydrogen) atoms. The molecular formula is C7H10FNS. The fourth-order valence-electron chi connectivity index (χ4n) is 0.596. The summed E-state index contributed by atoms with van der Waals surface area (Å²) in [6.07, 6.45) is 0. The highest BCUT2D eigenvalue weighted by molar-refractivity contribution is 7.08. The van der Waals surface area contributed by atoms with E-state index in [4.69, 9.17) is 0 Å². The van der Waals surface area contributed by atoms with Crippen molar-refractivity contribution in [2.24, 2.45) is 0 Å². The van der Waals surface area contributed by atoms with Crippen molar-refractivity contribution < 1.29 is 4.39 Å². The van der Waals surface area contributed by atoms with Gasteiger partial charge < -0.3 is 0 Å². The molecule has 56 valence electrons. The van der Waals surface area contributed by atoms with Gasteiger partial charge in [0.1, 0.15) is 0 Å². The summed E-state index contributed by atoms with van der Waals surface area (Å²) >= 11 is 1.05. The summed E-state index contributed by atoms with van der Waals surface area (Å²) in [5, 5.41) is 1.42. The first-order valence-electron chi connectivity index (χ1n) is 3.11. The summed E-state index contributed by atoms with van der Waals surface area (Å²) in [7, 11) is 0. The summed E-state index contributed by atoms with van der Waals surface area (Å²) in [6, 6.07) is 0. The Hall–Kier alpha value is -0.440. The van der Waals surface area contributed by atoms with Crippen molar-refractivity contribution in [3.63, 3.8) is 0 Å². The van der Waals surface area contributed by atoms with Gasteiger partial charge >= 0.3 is 0 Å². The van der Waals surface area contributed by atoms with E-state index in [1.54, 1.807) is 5.38 Å². The third kappa shape index (κ3) is 1.53. The molecule has 0 amide bonds. The monoisotopic (exact) mass is 159 g/mol. The van der Waals surface area contributed by atoms with E-state index in [1.807, 2.05) is 20.8 Å². The maximum atomic E-state index is 12.4. The number of hydrogen-bond donors (Lipinski definition) is 0. The molecule has 0 saturated carbocycles. The van der Waals surface area contributed by atoms with Crippen LogP contribution in [0.4, 0.5) is 4.39 Å². The molecule has 0 bridgehead atoms. The second-order valence-corrected chi connectivity index (χ2v) is 4.04. The first-order chi connectivity index (χ1) is 4.50. The van der Waals surface area contributed by atoms with Gasteiger partial charge in [-0.2, -0.15) is 4.39 Å². The molecule has 0 aliphatic rings. The highest BCUT2D eigenvalue weighted by Crippen LogP contribution is 2.22. The van der Waals surface area contributed by atoms with Crippen LogP contribution in [-0.2, 0) is 5.41 Å². The largest absolute Gasteiger partial charge is 0.269 e. The molecular weight excluding hydrogens is 149 g/mol. The van der Waals surface area contributed by atoms with Crippen molar-refractivity contribution in [3.8, 4) is 0 Å². The van der Waals surface area contributed by atoms with Crippen LogP contribution in [0.15, 0.2) is 5.38 Å². The zero-order valence-electron chi connectivity index (χ0n) is 6.31. The lowest BCUT2D eigenvalue weighted by molar-refractivity contribution is 0.545. The standard InChI is InChI=1S/C7H10FNS/c1-7(2,3)5-4-10-6(8)9-5/h4H,1-3H3. The van der Waals surface area contributed by atoms with Crippen LogP contribution < -0.4 is 0 Å². The average Bonchev–Trinajstić information content (AvgIpc) is 2.11. The van der Waals surface area contributed by atoms with Crippen LogP contribution in [0, 0.1) is 5.26 Å². The number of thiazole rings is 1. The topological polar surface area (TPSA) is 12.9 Å². The molecule has 0 N–H and O–H groups in total. The van der Waals surface area contributed by atoms with Gasteiger partial charge in [0.2, 0.25) is 0 Å². The maximum Gasteiger partial charge on any atom is 0.269 e. The van der Waals surface area contributed by atoms with Gasteiger partial charge in [0.15, 0.2) is 0 Å². The highest BCUT2D eigenvalue weighted by Gasteiger charge is 2.16. The minimum Gasteiger partial charge on any atom is -0.214 e. The zero-order chi connectivity index (χ0) is 7.78. The van der Waals surface area contributed by atoms with Gasteiger partial charge in [-0.25, -0.2) is 4.98 Å². The minimum atomic E-state index is -0.343. The molecule has 0 aliphatic carbocycles. The summed E-state index contributed by atoms with van der Waals surface area (Å²) in [4.78, 5) is 3.73. The molecule has 0 aromatic carbocycles. The van der Waals surface area contributed by atoms with Crippen LogP contribution in [-0.4, -0.2) is 4.98 Å². The molecule has 1 rings (SSSR count). The van der Waals surface area contributed by atoms with Crippen LogP contribution in [0.25, 0.3) is 0 Å². The van der Waals surface area contributed by atoms with Gasteiger partial charge in [-0.05, 0) is 0 Å². The summed E-state index contributed by atoms with van der Waals surface area (Å²) in [5.74, 6) is 0. The number of halogens is 1. The second kappa shape index (κ2) is 2.31. The fraction of sp³-hybridized carbons (Fsp3) is 0.571. The predicted octanol–water partition coefficient (Wildman–Crippen LogP) is 2.58. The van der Waals surface area contributed by atoms with Crippen molar-refractivity contribution in [1.82, 2.24) is 4.98 Å². The Morgan fingerprint density at radius 3 is 2.30 bits per heavy atom. The number of aromatic nitrogens is 1. The van der Waals surface area contributed by atoms with E-state index in [0.717, 1.165) is 17.0 Å². The number of rotatable bonds is 0. The summed E-state index contributed by atoms with van der Waals surface area (Å²) < 4.78 is 12.4. The van der Waals surface area contributed by atoms with Crippen molar-refractivity contribution in [1.29, 1.82) is 0 Å². The van der Waals surface area contributed by atoms with Gasteiger partial charge in [-0.1, -0.05) is 32.1 Å². The Labute approximate surface area is 63.9 Å². The molecule has 0 unspecified atom stereocenters. The SMILES string of the molecule is CC(C)(C)c1csc(F)n1. The average molecular weight is 159 g/mol. The van der Waals surface area contributed by atoms with E-state index in [-0.39, 0.29) is 10.7 Å². The lowest BCUT2D eigenvalue weighted by Gasteiger charge is -2.13. The summed E-state index contributed by atoms with van der Waals surface area (Å²) in [6.45, 7) is 6.05. The van der Waals surface area contributed by atoms with E-state index in [0.29, 0.717) is 0 Å². The van der Waals surface area contributed by atoms with Gasteiger partial charge in [-0.15, -0.1) is 0 Å². The summed E-state index contributed by atoms with van der Waals surface area (Å²) in [5.41, 5.74) is 0.802. The molecule has 0 saturated heterocycles. The Balaban J connectivity index is 2.96. The Kier molecular flexibility index (Phi) is 1.77. The molecule has 1 nitrogen and oxygen atoms in total. The molecule has 0 radical (unpaired) electrons. The van der Waals surface area contributed by atoms with Gasteiger partial charge in [0.25, 0.3) is 5.26 Å². The third-order valence-electron chi connectivity index (χ3n) is 1.24. The second-order valence-electron chi connectivity index (χ2n) is 3.24. The van der Waals surface area contributed by atoms with Crippen molar-refractivity contribution in [2.45, 2.75) is 26.2 Å². The van der Waals surface area contributed by atoms with E-state index >= 15 is 0 Å². The highest BCUT2D eigenvalue weighted by atomic mass is 32.1. The smallest absolute Gasteiger partial charge is 0.214 e. The van der Waals surface area contributed by atoms with E-state index in [9.17, 15) is 4.39 Å². The quantitative estimate of drug-likeness (QED) is 0.567. The first kappa shape index (κ1) is 7.66. The lowest BCUT2D eigenvalue weighted by Crippen LogP contribution is -2.11. The van der Waals surface area contributed by atoms with E-state index < -0.39 is 0 Å². The Morgan fingerprint density at radius 1 is 1.50 bits per heavy atom.